The molecule has 2 aliphatic heterocycles. The number of hydrogen-bond acceptors (Lipinski definition) is 4. The molecule has 7 nitrogen and oxygen atoms in total. The molecule has 4 rings (SSSR count). The summed E-state index contributed by atoms with van der Waals surface area (Å²) in [6, 6.07) is 7.33. The Bertz CT molecular complexity index is 772. The summed E-state index contributed by atoms with van der Waals surface area (Å²) in [7, 11) is 0. The van der Waals surface area contributed by atoms with Gasteiger partial charge in [0.15, 0.2) is 12.4 Å². The molecule has 1 aromatic heterocycles. The second-order valence-electron chi connectivity index (χ2n) is 6.05. The van der Waals surface area contributed by atoms with Crippen LogP contribution in [0.2, 0.25) is 0 Å². The summed E-state index contributed by atoms with van der Waals surface area (Å²) < 4.78 is 7.41. The minimum Gasteiger partial charge on any atom is -0.481 e. The molecule has 24 heavy (non-hydrogen) atoms. The lowest BCUT2D eigenvalue weighted by atomic mass is 10.0. The van der Waals surface area contributed by atoms with E-state index in [0.717, 1.165) is 12.8 Å². The van der Waals surface area contributed by atoms with Crippen molar-refractivity contribution in [2.45, 2.75) is 18.9 Å². The van der Waals surface area contributed by atoms with Gasteiger partial charge in [0.2, 0.25) is 0 Å². The van der Waals surface area contributed by atoms with Gasteiger partial charge in [0.25, 0.3) is 11.8 Å². The highest BCUT2D eigenvalue weighted by atomic mass is 16.5. The molecule has 0 radical (unpaired) electrons. The topological polar surface area (TPSA) is 76.5 Å². The highest BCUT2D eigenvalue weighted by molar-refractivity contribution is 6.03. The van der Waals surface area contributed by atoms with Crippen LogP contribution in [0, 0.1) is 0 Å². The monoisotopic (exact) mass is 326 g/mol. The number of benzene rings is 1. The van der Waals surface area contributed by atoms with E-state index >= 15 is 0 Å². The van der Waals surface area contributed by atoms with Gasteiger partial charge < -0.3 is 15.0 Å². The largest absolute Gasteiger partial charge is 0.481 e. The minimum atomic E-state index is -0.205. The second kappa shape index (κ2) is 5.99. The van der Waals surface area contributed by atoms with Crippen molar-refractivity contribution < 1.29 is 14.3 Å². The zero-order valence-electron chi connectivity index (χ0n) is 13.1. The van der Waals surface area contributed by atoms with Crippen molar-refractivity contribution in [2.75, 3.05) is 25.0 Å². The van der Waals surface area contributed by atoms with Gasteiger partial charge in [0.05, 0.1) is 17.3 Å². The summed E-state index contributed by atoms with van der Waals surface area (Å²) in [5.41, 5.74) is 1.05. The van der Waals surface area contributed by atoms with Gasteiger partial charge >= 0.3 is 0 Å². The number of likely N-dealkylation sites (tertiary alicyclic amines) is 1. The summed E-state index contributed by atoms with van der Waals surface area (Å²) in [4.78, 5) is 26.3. The van der Waals surface area contributed by atoms with Gasteiger partial charge in [-0.1, -0.05) is 6.07 Å². The number of fused-ring (bicyclic) bond motifs is 1. The van der Waals surface area contributed by atoms with Crippen LogP contribution >= 0.6 is 0 Å². The Kier molecular flexibility index (Phi) is 3.68. The number of amides is 2. The third kappa shape index (κ3) is 2.62. The Labute approximate surface area is 139 Å². The summed E-state index contributed by atoms with van der Waals surface area (Å²) in [6.07, 6.45) is 5.63. The van der Waals surface area contributed by atoms with Crippen LogP contribution in [0.3, 0.4) is 0 Å². The fourth-order valence-electron chi connectivity index (χ4n) is 3.31. The van der Waals surface area contributed by atoms with Gasteiger partial charge in [-0.25, -0.2) is 0 Å². The normalized spacial score (nSPS) is 20.1. The third-order valence-corrected chi connectivity index (χ3v) is 4.45. The lowest BCUT2D eigenvalue weighted by Gasteiger charge is -2.33. The molecule has 2 aromatic rings. The van der Waals surface area contributed by atoms with E-state index in [1.54, 1.807) is 24.4 Å². The number of hydrogen-bond donors (Lipinski definition) is 1. The van der Waals surface area contributed by atoms with Crippen molar-refractivity contribution in [1.29, 1.82) is 0 Å². The van der Waals surface area contributed by atoms with Gasteiger partial charge in [0, 0.05) is 25.5 Å². The second-order valence-corrected chi connectivity index (χ2v) is 6.05. The molecule has 124 valence electrons. The molecular weight excluding hydrogens is 308 g/mol. The van der Waals surface area contributed by atoms with Crippen molar-refractivity contribution >= 4 is 17.5 Å². The molecule has 1 fully saturated rings. The third-order valence-electron chi connectivity index (χ3n) is 4.45. The predicted octanol–water partition coefficient (Wildman–Crippen LogP) is 1.69. The van der Waals surface area contributed by atoms with Crippen LogP contribution in [0.5, 0.6) is 5.75 Å². The predicted molar refractivity (Wildman–Crippen MR) is 87.0 cm³/mol. The van der Waals surface area contributed by atoms with Crippen molar-refractivity contribution in [3.63, 3.8) is 0 Å². The smallest absolute Gasteiger partial charge is 0.262 e. The van der Waals surface area contributed by atoms with Crippen molar-refractivity contribution in [1.82, 2.24) is 14.7 Å². The first-order chi connectivity index (χ1) is 11.7. The number of ether oxygens (including phenoxy) is 1. The number of piperidine rings is 1. The molecule has 1 aromatic carbocycles. The quantitative estimate of drug-likeness (QED) is 0.911. The number of nitrogens with one attached hydrogen (secondary N) is 1. The summed E-state index contributed by atoms with van der Waals surface area (Å²) in [5, 5.41) is 7.03. The summed E-state index contributed by atoms with van der Waals surface area (Å²) in [6.45, 7) is 1.27. The number of nitrogens with zero attached hydrogens (tertiary/aromatic N) is 3. The lowest BCUT2D eigenvalue weighted by Crippen LogP contribution is -2.41. The Morgan fingerprint density at radius 1 is 1.33 bits per heavy atom. The molecule has 2 aliphatic rings. The molecule has 2 amide bonds. The zero-order chi connectivity index (χ0) is 16.5. The van der Waals surface area contributed by atoms with Crippen LogP contribution in [0.4, 0.5) is 5.69 Å². The molecule has 1 atom stereocenters. The average Bonchev–Trinajstić information content (AvgIpc) is 3.15. The van der Waals surface area contributed by atoms with Crippen LogP contribution in [-0.4, -0.2) is 46.2 Å². The van der Waals surface area contributed by atoms with E-state index < -0.39 is 0 Å². The van der Waals surface area contributed by atoms with Crippen LogP contribution in [-0.2, 0) is 4.79 Å². The van der Waals surface area contributed by atoms with E-state index in [9.17, 15) is 9.59 Å². The van der Waals surface area contributed by atoms with Crippen LogP contribution in [0.15, 0.2) is 36.7 Å². The zero-order valence-corrected chi connectivity index (χ0v) is 13.1. The number of carbonyl (C=O) groups is 2. The first kappa shape index (κ1) is 14.7. The molecule has 0 aliphatic carbocycles. The van der Waals surface area contributed by atoms with E-state index in [4.69, 9.17) is 4.74 Å². The molecule has 1 saturated heterocycles. The van der Waals surface area contributed by atoms with Gasteiger partial charge in [-0.15, -0.1) is 0 Å². The van der Waals surface area contributed by atoms with Gasteiger partial charge in [-0.05, 0) is 31.0 Å². The highest BCUT2D eigenvalue weighted by Gasteiger charge is 2.29. The maximum absolute atomic E-state index is 13.0. The molecule has 1 unspecified atom stereocenters. The van der Waals surface area contributed by atoms with Gasteiger partial charge in [-0.3, -0.25) is 14.3 Å². The molecule has 3 heterocycles. The van der Waals surface area contributed by atoms with Gasteiger partial charge in [0.1, 0.15) is 0 Å². The lowest BCUT2D eigenvalue weighted by molar-refractivity contribution is -0.118. The number of anilines is 1. The molecule has 0 saturated carbocycles. The Balaban J connectivity index is 1.58. The number of rotatable bonds is 2. The van der Waals surface area contributed by atoms with E-state index in [1.807, 2.05) is 21.8 Å². The molecule has 7 heteroatoms. The number of aromatic nitrogens is 2. The SMILES string of the molecule is O=C1COc2c(cccc2C(=O)N2CCCC(n3cccn3)C2)N1. The fraction of sp³-hybridized carbons (Fsp3) is 0.353. The maximum Gasteiger partial charge on any atom is 0.262 e. The standard InChI is InChI=1S/C17H18N4O3/c22-15-11-24-16-13(5-1-6-14(16)19-15)17(23)20-8-2-4-12(10-20)21-9-3-7-18-21/h1,3,5-7,9,12H,2,4,8,10-11H2,(H,19,22). The highest BCUT2D eigenvalue weighted by Crippen LogP contribution is 2.33. The maximum atomic E-state index is 13.0. The van der Waals surface area contributed by atoms with E-state index in [2.05, 4.69) is 10.4 Å². The molecule has 0 spiro atoms. The van der Waals surface area contributed by atoms with Crippen LogP contribution < -0.4 is 10.1 Å². The fourth-order valence-corrected chi connectivity index (χ4v) is 3.31. The van der Waals surface area contributed by atoms with Crippen LogP contribution in [0.1, 0.15) is 29.2 Å². The molecule has 1 N–H and O–H groups in total. The Morgan fingerprint density at radius 2 is 2.25 bits per heavy atom. The van der Waals surface area contributed by atoms with Crippen molar-refractivity contribution in [2.24, 2.45) is 0 Å². The van der Waals surface area contributed by atoms with E-state index in [0.29, 0.717) is 30.1 Å². The molecular formula is C17H18N4O3. The number of para-hydroxylation sites is 1. The van der Waals surface area contributed by atoms with Crippen molar-refractivity contribution in [3.8, 4) is 5.75 Å². The van der Waals surface area contributed by atoms with Crippen LogP contribution in [0.25, 0.3) is 0 Å². The first-order valence-electron chi connectivity index (χ1n) is 8.06. The number of carbonyl (C=O) groups excluding carboxylic acids is 2. The first-order valence-corrected chi connectivity index (χ1v) is 8.06. The summed E-state index contributed by atoms with van der Waals surface area (Å²) >= 11 is 0. The molecule has 0 bridgehead atoms. The van der Waals surface area contributed by atoms with E-state index in [1.165, 1.54) is 0 Å². The average molecular weight is 326 g/mol. The van der Waals surface area contributed by atoms with Gasteiger partial charge in [-0.2, -0.15) is 5.10 Å². The van der Waals surface area contributed by atoms with E-state index in [-0.39, 0.29) is 24.5 Å². The Morgan fingerprint density at radius 3 is 3.08 bits per heavy atom. The Hall–Kier alpha value is -2.83. The summed E-state index contributed by atoms with van der Waals surface area (Å²) in [5.74, 6) is 0.187. The minimum absolute atomic E-state index is 0.0623. The van der Waals surface area contributed by atoms with Crippen molar-refractivity contribution in [3.05, 3.63) is 42.2 Å².